The highest BCUT2D eigenvalue weighted by atomic mass is 16.6. The van der Waals surface area contributed by atoms with Crippen LogP contribution in [0, 0.1) is 0 Å². The highest BCUT2D eigenvalue weighted by molar-refractivity contribution is 5.71. The number of ether oxygens (including phenoxy) is 3. The zero-order chi connectivity index (χ0) is 54.3. The third-order valence-corrected chi connectivity index (χ3v) is 15.5. The number of hydrogen-bond donors (Lipinski definition) is 0. The second kappa shape index (κ2) is 64.4. The van der Waals surface area contributed by atoms with Gasteiger partial charge in [0, 0.05) is 19.3 Å². The molecule has 1 unspecified atom stereocenters. The lowest BCUT2D eigenvalue weighted by molar-refractivity contribution is -0.167. The number of hydrogen-bond acceptors (Lipinski definition) is 6. The fourth-order valence-corrected chi connectivity index (χ4v) is 10.4. The van der Waals surface area contributed by atoms with Gasteiger partial charge in [-0.25, -0.2) is 0 Å². The molecule has 0 spiro atoms. The molecule has 0 fully saturated rings. The van der Waals surface area contributed by atoms with E-state index >= 15 is 0 Å². The zero-order valence-corrected chi connectivity index (χ0v) is 50.8. The molecule has 0 N–H and O–H groups in total. The Labute approximate surface area is 468 Å². The van der Waals surface area contributed by atoms with E-state index in [1.165, 1.54) is 263 Å². The summed E-state index contributed by atoms with van der Waals surface area (Å²) in [4.78, 5) is 38.4. The largest absolute Gasteiger partial charge is 0.462 e. The van der Waals surface area contributed by atoms with Crippen molar-refractivity contribution in [2.45, 2.75) is 386 Å². The molecule has 75 heavy (non-hydrogen) atoms. The topological polar surface area (TPSA) is 78.9 Å². The fourth-order valence-electron chi connectivity index (χ4n) is 10.4. The Morgan fingerprint density at radius 3 is 0.760 bits per heavy atom. The van der Waals surface area contributed by atoms with Crippen molar-refractivity contribution in [2.75, 3.05) is 13.2 Å². The van der Waals surface area contributed by atoms with Crippen LogP contribution >= 0.6 is 0 Å². The van der Waals surface area contributed by atoms with Gasteiger partial charge in [0.1, 0.15) is 13.2 Å². The van der Waals surface area contributed by atoms with Gasteiger partial charge in [0.05, 0.1) is 0 Å². The molecular weight excluding hydrogens is 925 g/mol. The molecule has 0 aromatic carbocycles. The summed E-state index contributed by atoms with van der Waals surface area (Å²) in [5.74, 6) is -0.853. The van der Waals surface area contributed by atoms with Crippen molar-refractivity contribution in [1.82, 2.24) is 0 Å². The van der Waals surface area contributed by atoms with Gasteiger partial charge < -0.3 is 14.2 Å². The molecule has 0 bridgehead atoms. The maximum atomic E-state index is 12.9. The molecule has 0 aromatic rings. The first-order chi connectivity index (χ1) is 37.0. The van der Waals surface area contributed by atoms with Gasteiger partial charge in [-0.1, -0.05) is 334 Å². The number of esters is 3. The molecule has 0 heterocycles. The first-order valence-corrected chi connectivity index (χ1v) is 33.8. The first kappa shape index (κ1) is 72.9. The molecule has 0 aliphatic carbocycles. The van der Waals surface area contributed by atoms with Crippen molar-refractivity contribution in [3.63, 3.8) is 0 Å². The predicted molar refractivity (Wildman–Crippen MR) is 326 cm³/mol. The maximum Gasteiger partial charge on any atom is 0.306 e. The minimum absolute atomic E-state index is 0.0693. The fraction of sp³-hybridized carbons (Fsp3) is 0.899. The molecule has 0 saturated carbocycles. The molecule has 6 heteroatoms. The van der Waals surface area contributed by atoms with E-state index < -0.39 is 6.10 Å². The molecule has 0 radical (unpaired) electrons. The second-order valence-corrected chi connectivity index (χ2v) is 23.1. The van der Waals surface area contributed by atoms with E-state index in [1.807, 2.05) is 0 Å². The lowest BCUT2D eigenvalue weighted by atomic mass is 10.0. The Hall–Kier alpha value is -2.11. The summed E-state index contributed by atoms with van der Waals surface area (Å²) in [6.45, 7) is 6.68. The van der Waals surface area contributed by atoms with Crippen LogP contribution in [0.1, 0.15) is 380 Å². The molecule has 442 valence electrons. The van der Waals surface area contributed by atoms with Crippen LogP contribution in [0.4, 0.5) is 0 Å². The monoisotopic (exact) mass is 1050 g/mol. The van der Waals surface area contributed by atoms with E-state index in [0.29, 0.717) is 19.3 Å². The zero-order valence-electron chi connectivity index (χ0n) is 50.8. The van der Waals surface area contributed by atoms with Crippen LogP contribution in [-0.4, -0.2) is 37.2 Å². The van der Waals surface area contributed by atoms with Gasteiger partial charge >= 0.3 is 17.9 Å². The quantitative estimate of drug-likeness (QED) is 0.0261. The van der Waals surface area contributed by atoms with Crippen molar-refractivity contribution in [1.29, 1.82) is 0 Å². The van der Waals surface area contributed by atoms with Crippen molar-refractivity contribution in [3.8, 4) is 0 Å². The highest BCUT2D eigenvalue weighted by Crippen LogP contribution is 2.19. The average Bonchev–Trinajstić information content (AvgIpc) is 3.41. The number of carbonyl (C=O) groups excluding carboxylic acids is 3. The number of carbonyl (C=O) groups is 3. The number of rotatable bonds is 63. The summed E-state index contributed by atoms with van der Waals surface area (Å²) >= 11 is 0. The molecule has 6 nitrogen and oxygen atoms in total. The molecule has 0 saturated heterocycles. The van der Waals surface area contributed by atoms with E-state index in [0.717, 1.165) is 77.0 Å². The lowest BCUT2D eigenvalue weighted by Gasteiger charge is -2.18. The molecule has 0 rings (SSSR count). The summed E-state index contributed by atoms with van der Waals surface area (Å²) in [7, 11) is 0. The van der Waals surface area contributed by atoms with Gasteiger partial charge in [0.2, 0.25) is 0 Å². The SMILES string of the molecule is CCCCC/C=C\C/C=C\CCCCCCCC(=O)OCC(COC(=O)CCCCCCCCCCCCCCCCCCCCCCCCC)OC(=O)CCCCCCCCCCCCCCCCCCCCC. The summed E-state index contributed by atoms with van der Waals surface area (Å²) in [5, 5.41) is 0. The molecule has 0 aliphatic heterocycles. The molecule has 0 aliphatic rings. The smallest absolute Gasteiger partial charge is 0.306 e. The Morgan fingerprint density at radius 1 is 0.267 bits per heavy atom. The predicted octanol–water partition coefficient (Wildman–Crippen LogP) is 23.0. The van der Waals surface area contributed by atoms with Crippen molar-refractivity contribution in [3.05, 3.63) is 24.3 Å². The van der Waals surface area contributed by atoms with Crippen molar-refractivity contribution >= 4 is 17.9 Å². The van der Waals surface area contributed by atoms with Gasteiger partial charge in [-0.3, -0.25) is 14.4 Å². The molecule has 1 atom stereocenters. The van der Waals surface area contributed by atoms with Gasteiger partial charge in [-0.15, -0.1) is 0 Å². The molecular formula is C69H130O6. The van der Waals surface area contributed by atoms with E-state index in [1.54, 1.807) is 0 Å². The van der Waals surface area contributed by atoms with Gasteiger partial charge in [-0.2, -0.15) is 0 Å². The summed E-state index contributed by atoms with van der Waals surface area (Å²) in [6.07, 6.45) is 77.7. The van der Waals surface area contributed by atoms with E-state index in [4.69, 9.17) is 14.2 Å². The lowest BCUT2D eigenvalue weighted by Crippen LogP contribution is -2.30. The molecule has 0 aromatic heterocycles. The van der Waals surface area contributed by atoms with Crippen LogP contribution in [0.15, 0.2) is 24.3 Å². The Morgan fingerprint density at radius 2 is 0.480 bits per heavy atom. The van der Waals surface area contributed by atoms with E-state index in [9.17, 15) is 14.4 Å². The Bertz CT molecular complexity index is 1210. The Balaban J connectivity index is 4.27. The van der Waals surface area contributed by atoms with E-state index in [-0.39, 0.29) is 31.1 Å². The number of allylic oxidation sites excluding steroid dienone is 4. The van der Waals surface area contributed by atoms with Crippen LogP contribution in [0.2, 0.25) is 0 Å². The summed E-state index contributed by atoms with van der Waals surface area (Å²) in [6, 6.07) is 0. The van der Waals surface area contributed by atoms with Crippen LogP contribution in [0.5, 0.6) is 0 Å². The van der Waals surface area contributed by atoms with E-state index in [2.05, 4.69) is 45.1 Å². The number of unbranched alkanes of at least 4 members (excludes halogenated alkanes) is 48. The van der Waals surface area contributed by atoms with Crippen LogP contribution < -0.4 is 0 Å². The summed E-state index contributed by atoms with van der Waals surface area (Å²) in [5.41, 5.74) is 0. The molecule has 0 amide bonds. The van der Waals surface area contributed by atoms with Crippen molar-refractivity contribution < 1.29 is 28.6 Å². The van der Waals surface area contributed by atoms with Gasteiger partial charge in [-0.05, 0) is 51.4 Å². The van der Waals surface area contributed by atoms with Crippen LogP contribution in [0.3, 0.4) is 0 Å². The second-order valence-electron chi connectivity index (χ2n) is 23.1. The van der Waals surface area contributed by atoms with Crippen molar-refractivity contribution in [2.24, 2.45) is 0 Å². The maximum absolute atomic E-state index is 12.9. The Kier molecular flexibility index (Phi) is 62.6. The third kappa shape index (κ3) is 62.6. The van der Waals surface area contributed by atoms with Crippen LogP contribution in [-0.2, 0) is 28.6 Å². The minimum Gasteiger partial charge on any atom is -0.462 e. The van der Waals surface area contributed by atoms with Gasteiger partial charge in [0.25, 0.3) is 0 Å². The van der Waals surface area contributed by atoms with Gasteiger partial charge in [0.15, 0.2) is 6.10 Å². The highest BCUT2D eigenvalue weighted by Gasteiger charge is 2.19. The normalized spacial score (nSPS) is 12.1. The average molecular weight is 1060 g/mol. The minimum atomic E-state index is -0.773. The first-order valence-electron chi connectivity index (χ1n) is 33.8. The van der Waals surface area contributed by atoms with Crippen LogP contribution in [0.25, 0.3) is 0 Å². The standard InChI is InChI=1S/C69H130O6/c1-4-7-10-13-16-19-22-25-28-30-32-33-34-35-37-38-41-44-47-50-53-56-59-62-68(71)74-65-66(64-73-67(70)61-58-55-52-49-46-43-40-27-24-21-18-15-12-9-6-3)75-69(72)63-60-57-54-51-48-45-42-39-36-31-29-26-23-20-17-14-11-8-5-2/h18,21,27,40,66H,4-17,19-20,22-26,28-39,41-65H2,1-3H3/b21-18-,40-27-. The summed E-state index contributed by atoms with van der Waals surface area (Å²) < 4.78 is 17.0. The third-order valence-electron chi connectivity index (χ3n) is 15.5.